The van der Waals surface area contributed by atoms with E-state index < -0.39 is 0 Å². The van der Waals surface area contributed by atoms with Crippen LogP contribution in [-0.2, 0) is 6.42 Å². The Kier molecular flexibility index (Phi) is 10.4. The van der Waals surface area contributed by atoms with E-state index in [1.165, 1.54) is 23.1 Å². The van der Waals surface area contributed by atoms with Crippen molar-refractivity contribution >= 4 is 0 Å². The molecule has 1 aromatic carbocycles. The minimum atomic E-state index is 0. The molecule has 0 fully saturated rings. The van der Waals surface area contributed by atoms with Gasteiger partial charge in [0.05, 0.1) is 0 Å². The molecule has 0 N–H and O–H groups in total. The van der Waals surface area contributed by atoms with E-state index in [1.807, 2.05) is 0 Å². The van der Waals surface area contributed by atoms with E-state index in [-0.39, 0.29) is 7.43 Å². The van der Waals surface area contributed by atoms with Crippen molar-refractivity contribution in [2.45, 2.75) is 60.8 Å². The van der Waals surface area contributed by atoms with E-state index >= 15 is 0 Å². The zero-order valence-corrected chi connectivity index (χ0v) is 13.4. The molecule has 1 rings (SSSR count). The monoisotopic (exact) mass is 288 g/mol. The predicted molar refractivity (Wildman–Crippen MR) is 95.1 cm³/mol. The first-order valence-electron chi connectivity index (χ1n) is 7.62. The lowest BCUT2D eigenvalue weighted by Crippen LogP contribution is -1.95. The Hall–Kier alpha value is -1.50. The van der Waals surface area contributed by atoms with E-state index in [9.17, 15) is 0 Å². The average Bonchev–Trinajstić information content (AvgIpc) is 2.40. The number of benzene rings is 1. The minimum absolute atomic E-state index is 0. The molecule has 0 radical (unpaired) electrons. The first-order valence-corrected chi connectivity index (χ1v) is 7.62. The zero-order valence-electron chi connectivity index (χ0n) is 13.4. The highest BCUT2D eigenvalue weighted by atomic mass is 16.5. The lowest BCUT2D eigenvalue weighted by molar-refractivity contribution is 0.361. The molecule has 1 aromatic rings. The summed E-state index contributed by atoms with van der Waals surface area (Å²) < 4.78 is 5.75. The third kappa shape index (κ3) is 9.12. The molecule has 0 bridgehead atoms. The Morgan fingerprint density at radius 2 is 1.71 bits per heavy atom. The predicted octanol–water partition coefficient (Wildman–Crippen LogP) is 6.35. The van der Waals surface area contributed by atoms with Crippen LogP contribution in [0.3, 0.4) is 0 Å². The van der Waals surface area contributed by atoms with Gasteiger partial charge in [0.1, 0.15) is 12.4 Å². The molecule has 0 spiro atoms. The summed E-state index contributed by atoms with van der Waals surface area (Å²) in [5.74, 6) is 0.957. The Balaban J connectivity index is 0.00000400. The number of ether oxygens (including phenoxy) is 1. The molecule has 0 atom stereocenters. The van der Waals surface area contributed by atoms with Gasteiger partial charge in [0.2, 0.25) is 0 Å². The van der Waals surface area contributed by atoms with E-state index in [2.05, 4.69) is 64.1 Å². The van der Waals surface area contributed by atoms with Crippen molar-refractivity contribution < 1.29 is 4.74 Å². The largest absolute Gasteiger partial charge is 0.490 e. The number of rotatable bonds is 8. The zero-order chi connectivity index (χ0) is 14.8. The Bertz CT molecular complexity index is 433. The van der Waals surface area contributed by atoms with E-state index in [0.717, 1.165) is 25.0 Å². The molecule has 0 heterocycles. The van der Waals surface area contributed by atoms with E-state index in [1.54, 1.807) is 0 Å². The second kappa shape index (κ2) is 11.2. The summed E-state index contributed by atoms with van der Waals surface area (Å²) in [6, 6.07) is 8.45. The topological polar surface area (TPSA) is 9.23 Å². The van der Waals surface area contributed by atoms with Crippen molar-refractivity contribution in [3.63, 3.8) is 0 Å². The molecule has 0 saturated carbocycles. The lowest BCUT2D eigenvalue weighted by Gasteiger charge is -2.05. The van der Waals surface area contributed by atoms with Crippen molar-refractivity contribution in [3.8, 4) is 5.75 Å². The van der Waals surface area contributed by atoms with Gasteiger partial charge >= 0.3 is 0 Å². The van der Waals surface area contributed by atoms with Gasteiger partial charge in [-0.25, -0.2) is 0 Å². The third-order valence-corrected chi connectivity index (χ3v) is 3.24. The summed E-state index contributed by atoms with van der Waals surface area (Å²) in [6.45, 7) is 9.32. The molecule has 0 aliphatic carbocycles. The molecule has 0 aliphatic heterocycles. The Morgan fingerprint density at radius 1 is 1.05 bits per heavy atom. The first kappa shape index (κ1) is 19.5. The number of allylic oxidation sites excluding steroid dienone is 3. The molecular weight excluding hydrogens is 256 g/mol. The molecule has 0 aliphatic rings. The van der Waals surface area contributed by atoms with Crippen LogP contribution in [0.5, 0.6) is 5.75 Å². The van der Waals surface area contributed by atoms with Crippen molar-refractivity contribution in [2.75, 3.05) is 6.61 Å². The first-order chi connectivity index (χ1) is 9.61. The molecule has 0 amide bonds. The third-order valence-electron chi connectivity index (χ3n) is 3.24. The van der Waals surface area contributed by atoms with Gasteiger partial charge in [-0.2, -0.15) is 0 Å². The Morgan fingerprint density at radius 3 is 2.29 bits per heavy atom. The van der Waals surface area contributed by atoms with Crippen LogP contribution in [0.1, 0.15) is 59.9 Å². The second-order valence-corrected chi connectivity index (χ2v) is 5.58. The van der Waals surface area contributed by atoms with Crippen LogP contribution in [0.2, 0.25) is 0 Å². The van der Waals surface area contributed by atoms with Gasteiger partial charge in [-0.15, -0.1) is 0 Å². The number of hydrogen-bond donors (Lipinski definition) is 0. The van der Waals surface area contributed by atoms with Gasteiger partial charge in [0.25, 0.3) is 0 Å². The molecular formula is C20H32O. The van der Waals surface area contributed by atoms with Gasteiger partial charge in [-0.1, -0.05) is 50.1 Å². The highest BCUT2D eigenvalue weighted by molar-refractivity contribution is 5.27. The highest BCUT2D eigenvalue weighted by Gasteiger charge is 1.95. The molecule has 0 aromatic heterocycles. The number of aryl methyl sites for hydroxylation is 1. The van der Waals surface area contributed by atoms with E-state index in [4.69, 9.17) is 4.74 Å². The minimum Gasteiger partial charge on any atom is -0.490 e. The lowest BCUT2D eigenvalue weighted by atomic mass is 10.1. The van der Waals surface area contributed by atoms with Gasteiger partial charge in [0, 0.05) is 0 Å². The van der Waals surface area contributed by atoms with Gasteiger partial charge in [-0.05, 0) is 63.8 Å². The summed E-state index contributed by atoms with van der Waals surface area (Å²) >= 11 is 0. The maximum atomic E-state index is 5.75. The molecule has 1 heteroatoms. The fraction of sp³-hybridized carbons (Fsp3) is 0.500. The molecule has 118 valence electrons. The average molecular weight is 288 g/mol. The normalized spacial score (nSPS) is 10.8. The molecule has 21 heavy (non-hydrogen) atoms. The van der Waals surface area contributed by atoms with Crippen molar-refractivity contribution in [1.82, 2.24) is 0 Å². The Labute approximate surface area is 131 Å². The van der Waals surface area contributed by atoms with Gasteiger partial charge in [-0.3, -0.25) is 0 Å². The summed E-state index contributed by atoms with van der Waals surface area (Å²) in [5, 5.41) is 0. The summed E-state index contributed by atoms with van der Waals surface area (Å²) in [7, 11) is 0. The van der Waals surface area contributed by atoms with Crippen LogP contribution in [-0.4, -0.2) is 6.61 Å². The van der Waals surface area contributed by atoms with Crippen LogP contribution in [0.15, 0.2) is 47.6 Å². The quantitative estimate of drug-likeness (QED) is 0.507. The second-order valence-electron chi connectivity index (χ2n) is 5.58. The van der Waals surface area contributed by atoms with Crippen molar-refractivity contribution in [3.05, 3.63) is 53.1 Å². The van der Waals surface area contributed by atoms with Crippen LogP contribution < -0.4 is 4.74 Å². The molecule has 0 unspecified atom stereocenters. The van der Waals surface area contributed by atoms with E-state index in [0.29, 0.717) is 6.61 Å². The molecule has 1 nitrogen and oxygen atoms in total. The number of hydrogen-bond acceptors (Lipinski definition) is 1. The van der Waals surface area contributed by atoms with Gasteiger partial charge < -0.3 is 4.74 Å². The fourth-order valence-corrected chi connectivity index (χ4v) is 2.01. The molecule has 0 saturated heterocycles. The summed E-state index contributed by atoms with van der Waals surface area (Å²) in [4.78, 5) is 0. The highest BCUT2D eigenvalue weighted by Crippen LogP contribution is 2.14. The van der Waals surface area contributed by atoms with Gasteiger partial charge in [0.15, 0.2) is 0 Å². The maximum Gasteiger partial charge on any atom is 0.119 e. The van der Waals surface area contributed by atoms with Crippen LogP contribution in [0.4, 0.5) is 0 Å². The smallest absolute Gasteiger partial charge is 0.119 e. The van der Waals surface area contributed by atoms with Crippen LogP contribution in [0, 0.1) is 0 Å². The van der Waals surface area contributed by atoms with Crippen molar-refractivity contribution in [2.24, 2.45) is 0 Å². The maximum absolute atomic E-state index is 5.75. The fourth-order valence-electron chi connectivity index (χ4n) is 2.01. The standard InChI is InChI=1S/C19H28O.CH4/c1-5-7-18-10-12-19(13-11-18)20-15-14-17(4)9-6-8-16(2)3;/h8,10-14H,5-7,9,15H2,1-4H3;1H4/b17-14+;. The SMILES string of the molecule is C.CCCc1ccc(OC/C=C(\C)CCC=C(C)C)cc1. The van der Waals surface area contributed by atoms with Crippen LogP contribution >= 0.6 is 0 Å². The van der Waals surface area contributed by atoms with Crippen molar-refractivity contribution in [1.29, 1.82) is 0 Å². The van der Waals surface area contributed by atoms with Crippen LogP contribution in [0.25, 0.3) is 0 Å². The summed E-state index contributed by atoms with van der Waals surface area (Å²) in [6.07, 6.45) is 9.03. The summed E-state index contributed by atoms with van der Waals surface area (Å²) in [5.41, 5.74) is 4.17.